The minimum Gasteiger partial charge on any atom is -0.497 e. The maximum absolute atomic E-state index is 13.1. The highest BCUT2D eigenvalue weighted by Crippen LogP contribution is 2.31. The summed E-state index contributed by atoms with van der Waals surface area (Å²) >= 11 is 1.36. The van der Waals surface area contributed by atoms with Crippen LogP contribution in [-0.4, -0.2) is 38.6 Å². The lowest BCUT2D eigenvalue weighted by atomic mass is 9.95. The Hall–Kier alpha value is -3.39. The Bertz CT molecular complexity index is 1390. The number of rotatable bonds is 6. The van der Waals surface area contributed by atoms with Gasteiger partial charge in [-0.3, -0.25) is 14.0 Å². The SMILES string of the molecule is COc1ccc2c(C)cc3nnc(SC(C)C(=O)c4ccc(NC(=O)C(C)(C)C)cc4)n3c2c1. The van der Waals surface area contributed by atoms with Crippen LogP contribution < -0.4 is 10.1 Å². The lowest BCUT2D eigenvalue weighted by molar-refractivity contribution is -0.123. The topological polar surface area (TPSA) is 85.6 Å². The molecule has 0 fully saturated rings. The van der Waals surface area contributed by atoms with Crippen LogP contribution in [0.5, 0.6) is 5.75 Å². The molecule has 0 saturated carbocycles. The number of thioether (sulfide) groups is 1. The van der Waals surface area contributed by atoms with E-state index in [2.05, 4.69) is 15.5 Å². The van der Waals surface area contributed by atoms with Crippen molar-refractivity contribution in [1.82, 2.24) is 14.6 Å². The van der Waals surface area contributed by atoms with Crippen LogP contribution in [0.2, 0.25) is 0 Å². The predicted octanol–water partition coefficient (Wildman–Crippen LogP) is 5.55. The summed E-state index contributed by atoms with van der Waals surface area (Å²) in [4.78, 5) is 25.3. The first-order valence-corrected chi connectivity index (χ1v) is 11.9. The highest BCUT2D eigenvalue weighted by atomic mass is 32.2. The van der Waals surface area contributed by atoms with E-state index in [0.717, 1.165) is 27.9 Å². The summed E-state index contributed by atoms with van der Waals surface area (Å²) in [6.45, 7) is 9.46. The zero-order valence-electron chi connectivity index (χ0n) is 20.2. The van der Waals surface area contributed by atoms with Crippen molar-refractivity contribution in [1.29, 1.82) is 0 Å². The molecule has 0 aliphatic carbocycles. The zero-order chi connectivity index (χ0) is 24.6. The van der Waals surface area contributed by atoms with E-state index in [-0.39, 0.29) is 16.9 Å². The molecule has 8 heteroatoms. The van der Waals surface area contributed by atoms with Gasteiger partial charge in [0.05, 0.1) is 17.9 Å². The third kappa shape index (κ3) is 4.63. The molecule has 2 aromatic heterocycles. The minimum atomic E-state index is -0.493. The number of ketones is 1. The molecule has 0 radical (unpaired) electrons. The first-order chi connectivity index (χ1) is 16.1. The van der Waals surface area contributed by atoms with Crippen molar-refractivity contribution < 1.29 is 14.3 Å². The summed E-state index contributed by atoms with van der Waals surface area (Å²) in [6, 6.07) is 14.9. The van der Waals surface area contributed by atoms with Gasteiger partial charge in [0.1, 0.15) is 5.75 Å². The Morgan fingerprint density at radius 3 is 2.41 bits per heavy atom. The third-order valence-electron chi connectivity index (χ3n) is 5.63. The molecular formula is C26H28N4O3S. The van der Waals surface area contributed by atoms with Gasteiger partial charge in [0.25, 0.3) is 0 Å². The molecule has 4 rings (SSSR count). The number of fused-ring (bicyclic) bond motifs is 3. The van der Waals surface area contributed by atoms with Gasteiger partial charge < -0.3 is 10.1 Å². The molecule has 2 aromatic carbocycles. The Balaban J connectivity index is 1.58. The van der Waals surface area contributed by atoms with Gasteiger partial charge in [-0.05, 0) is 61.9 Å². The Kier molecular flexibility index (Phi) is 6.36. The van der Waals surface area contributed by atoms with Gasteiger partial charge in [-0.15, -0.1) is 10.2 Å². The van der Waals surface area contributed by atoms with Gasteiger partial charge in [0, 0.05) is 28.1 Å². The molecule has 0 aliphatic heterocycles. The molecule has 1 amide bonds. The van der Waals surface area contributed by atoms with Crippen LogP contribution in [0.3, 0.4) is 0 Å². The number of nitrogens with one attached hydrogen (secondary N) is 1. The summed E-state index contributed by atoms with van der Waals surface area (Å²) in [5, 5.41) is 12.9. The first kappa shape index (κ1) is 23.8. The number of aromatic nitrogens is 3. The van der Waals surface area contributed by atoms with Gasteiger partial charge in [0.2, 0.25) is 5.91 Å². The van der Waals surface area contributed by atoms with Crippen molar-refractivity contribution in [2.45, 2.75) is 45.0 Å². The predicted molar refractivity (Wildman–Crippen MR) is 136 cm³/mol. The van der Waals surface area contributed by atoms with Crippen molar-refractivity contribution >= 4 is 45.7 Å². The number of carbonyl (C=O) groups is 2. The standard InChI is InChI=1S/C26H28N4O3S/c1-15-13-22-28-29-25(30(22)21-14-19(33-6)11-12-20(15)21)34-16(2)23(31)17-7-9-18(10-8-17)27-24(32)26(3,4)5/h7-14,16H,1-6H3,(H,27,32). The maximum Gasteiger partial charge on any atom is 0.229 e. The average molecular weight is 477 g/mol. The fraction of sp³-hybridized carbons (Fsp3) is 0.308. The van der Waals surface area contributed by atoms with Gasteiger partial charge >= 0.3 is 0 Å². The van der Waals surface area contributed by atoms with E-state index < -0.39 is 5.41 Å². The lowest BCUT2D eigenvalue weighted by Crippen LogP contribution is -2.27. The summed E-state index contributed by atoms with van der Waals surface area (Å²) in [5.41, 5.74) is 3.49. The number of anilines is 1. The van der Waals surface area contributed by atoms with Crippen LogP contribution in [-0.2, 0) is 4.79 Å². The molecule has 34 heavy (non-hydrogen) atoms. The van der Waals surface area contributed by atoms with E-state index in [0.29, 0.717) is 16.4 Å². The van der Waals surface area contributed by atoms with Gasteiger partial charge in [-0.25, -0.2) is 0 Å². The molecular weight excluding hydrogens is 448 g/mol. The van der Waals surface area contributed by atoms with Crippen molar-refractivity contribution in [3.63, 3.8) is 0 Å². The quantitative estimate of drug-likeness (QED) is 0.290. The van der Waals surface area contributed by atoms with Crippen molar-refractivity contribution in [2.75, 3.05) is 12.4 Å². The van der Waals surface area contributed by atoms with E-state index in [1.165, 1.54) is 11.8 Å². The normalized spacial score (nSPS) is 12.6. The van der Waals surface area contributed by atoms with Crippen LogP contribution in [0, 0.1) is 12.3 Å². The van der Waals surface area contributed by atoms with Gasteiger partial charge in [-0.2, -0.15) is 0 Å². The maximum atomic E-state index is 13.1. The molecule has 0 bridgehead atoms. The molecule has 1 unspecified atom stereocenters. The molecule has 1 atom stereocenters. The molecule has 176 valence electrons. The van der Waals surface area contributed by atoms with E-state index in [9.17, 15) is 9.59 Å². The van der Waals surface area contributed by atoms with E-state index in [4.69, 9.17) is 4.74 Å². The second-order valence-electron chi connectivity index (χ2n) is 9.29. The highest BCUT2D eigenvalue weighted by molar-refractivity contribution is 8.00. The zero-order valence-corrected chi connectivity index (χ0v) is 21.0. The fourth-order valence-corrected chi connectivity index (χ4v) is 4.53. The highest BCUT2D eigenvalue weighted by Gasteiger charge is 2.23. The van der Waals surface area contributed by atoms with Crippen molar-refractivity contribution in [3.05, 3.63) is 59.7 Å². The van der Waals surface area contributed by atoms with Crippen molar-refractivity contribution in [2.24, 2.45) is 5.41 Å². The number of aryl methyl sites for hydroxylation is 1. The molecule has 0 saturated heterocycles. The second kappa shape index (κ2) is 9.10. The van der Waals surface area contributed by atoms with E-state index in [1.807, 2.05) is 63.3 Å². The summed E-state index contributed by atoms with van der Waals surface area (Å²) in [6.07, 6.45) is 0. The van der Waals surface area contributed by atoms with Crippen LogP contribution in [0.4, 0.5) is 5.69 Å². The van der Waals surface area contributed by atoms with Crippen molar-refractivity contribution in [3.8, 4) is 5.75 Å². The summed E-state index contributed by atoms with van der Waals surface area (Å²) in [5.74, 6) is 0.643. The number of methoxy groups -OCH3 is 1. The Morgan fingerprint density at radius 2 is 1.76 bits per heavy atom. The fourth-order valence-electron chi connectivity index (χ4n) is 3.59. The molecule has 2 heterocycles. The number of carbonyl (C=O) groups excluding carboxylic acids is 2. The molecule has 1 N–H and O–H groups in total. The Labute approximate surface area is 202 Å². The van der Waals surface area contributed by atoms with Gasteiger partial charge in [-0.1, -0.05) is 32.5 Å². The van der Waals surface area contributed by atoms with Crippen LogP contribution >= 0.6 is 11.8 Å². The number of pyridine rings is 1. The lowest BCUT2D eigenvalue weighted by Gasteiger charge is -2.17. The number of ether oxygens (including phenoxy) is 1. The number of amides is 1. The van der Waals surface area contributed by atoms with Crippen LogP contribution in [0.15, 0.2) is 53.7 Å². The summed E-state index contributed by atoms with van der Waals surface area (Å²) in [7, 11) is 1.64. The number of nitrogens with zero attached hydrogens (tertiary/aromatic N) is 3. The molecule has 7 nitrogen and oxygen atoms in total. The largest absolute Gasteiger partial charge is 0.497 e. The smallest absolute Gasteiger partial charge is 0.229 e. The molecule has 4 aromatic rings. The van der Waals surface area contributed by atoms with Gasteiger partial charge in [0.15, 0.2) is 16.6 Å². The monoisotopic (exact) mass is 476 g/mol. The molecule has 0 aliphatic rings. The number of Topliss-reactive ketones (excluding diaryl/α,β-unsaturated/α-hetero) is 1. The van der Waals surface area contributed by atoms with Crippen LogP contribution in [0.25, 0.3) is 16.6 Å². The molecule has 0 spiro atoms. The number of hydrogen-bond acceptors (Lipinski definition) is 6. The van der Waals surface area contributed by atoms with E-state index in [1.54, 1.807) is 31.4 Å². The third-order valence-corrected chi connectivity index (χ3v) is 6.68. The minimum absolute atomic E-state index is 0.0237. The average Bonchev–Trinajstić information content (AvgIpc) is 3.20. The number of benzene rings is 2. The van der Waals surface area contributed by atoms with Crippen LogP contribution in [0.1, 0.15) is 43.6 Å². The second-order valence-corrected chi connectivity index (χ2v) is 10.6. The number of hydrogen-bond donors (Lipinski definition) is 1. The van der Waals surface area contributed by atoms with E-state index >= 15 is 0 Å². The Morgan fingerprint density at radius 1 is 1.06 bits per heavy atom. The summed E-state index contributed by atoms with van der Waals surface area (Å²) < 4.78 is 7.38. The first-order valence-electron chi connectivity index (χ1n) is 11.0.